The van der Waals surface area contributed by atoms with Crippen LogP contribution in [0.15, 0.2) is 36.5 Å². The smallest absolute Gasteiger partial charge is 0.269 e. The zero-order valence-electron chi connectivity index (χ0n) is 10.2. The van der Waals surface area contributed by atoms with Crippen molar-refractivity contribution in [3.8, 4) is 11.6 Å². The lowest BCUT2D eigenvalue weighted by Gasteiger charge is -2.07. The molecule has 0 atom stereocenters. The molecular weight excluding hydrogens is 268 g/mol. The van der Waals surface area contributed by atoms with E-state index >= 15 is 0 Å². The molecule has 5 nitrogen and oxygen atoms in total. The number of nitrogens with zero attached hydrogens (tertiary/aromatic N) is 2. The van der Waals surface area contributed by atoms with E-state index in [1.165, 1.54) is 12.1 Å². The van der Waals surface area contributed by atoms with Crippen molar-refractivity contribution in [2.24, 2.45) is 0 Å². The summed E-state index contributed by atoms with van der Waals surface area (Å²) in [5.74, 6) is 1.35. The largest absolute Gasteiger partial charge is 0.439 e. The van der Waals surface area contributed by atoms with Gasteiger partial charge in [0.2, 0.25) is 5.88 Å². The normalized spacial score (nSPS) is 10.2. The molecule has 0 saturated carbocycles. The fourth-order valence-electron chi connectivity index (χ4n) is 1.52. The van der Waals surface area contributed by atoms with Crippen LogP contribution in [0.25, 0.3) is 0 Å². The number of nitro groups is 1. The van der Waals surface area contributed by atoms with Crippen molar-refractivity contribution in [3.05, 3.63) is 57.8 Å². The van der Waals surface area contributed by atoms with Crippen LogP contribution in [0.2, 0.25) is 0 Å². The van der Waals surface area contributed by atoms with Crippen molar-refractivity contribution in [2.75, 3.05) is 0 Å². The van der Waals surface area contributed by atoms with Gasteiger partial charge in [-0.25, -0.2) is 4.98 Å². The van der Waals surface area contributed by atoms with Gasteiger partial charge in [-0.3, -0.25) is 10.1 Å². The van der Waals surface area contributed by atoms with Crippen molar-refractivity contribution in [3.63, 3.8) is 0 Å². The average molecular weight is 279 g/mol. The van der Waals surface area contributed by atoms with E-state index in [2.05, 4.69) is 4.98 Å². The van der Waals surface area contributed by atoms with Gasteiger partial charge in [-0.15, -0.1) is 11.6 Å². The summed E-state index contributed by atoms with van der Waals surface area (Å²) in [7, 11) is 0. The standard InChI is InChI=1S/C13H11ClN2O3/c1-9-6-11(16(17)18)3-4-12(9)19-13-5-2-10(7-14)8-15-13/h2-6,8H,7H2,1H3. The highest BCUT2D eigenvalue weighted by Gasteiger charge is 2.09. The van der Waals surface area contributed by atoms with Gasteiger partial charge in [-0.05, 0) is 24.1 Å². The summed E-state index contributed by atoms with van der Waals surface area (Å²) < 4.78 is 5.57. The minimum Gasteiger partial charge on any atom is -0.439 e. The van der Waals surface area contributed by atoms with Gasteiger partial charge in [-0.1, -0.05) is 6.07 Å². The highest BCUT2D eigenvalue weighted by Crippen LogP contribution is 2.27. The first-order valence-corrected chi connectivity index (χ1v) is 6.07. The summed E-state index contributed by atoms with van der Waals surface area (Å²) in [5, 5.41) is 10.6. The first kappa shape index (κ1) is 13.3. The molecule has 0 amide bonds. The zero-order chi connectivity index (χ0) is 13.8. The first-order chi connectivity index (χ1) is 9.10. The van der Waals surface area contributed by atoms with Crippen LogP contribution in [-0.4, -0.2) is 9.91 Å². The Hall–Kier alpha value is -2.14. The van der Waals surface area contributed by atoms with Crippen molar-refractivity contribution in [1.82, 2.24) is 4.98 Å². The summed E-state index contributed by atoms with van der Waals surface area (Å²) in [4.78, 5) is 14.3. The van der Waals surface area contributed by atoms with Crippen molar-refractivity contribution >= 4 is 17.3 Å². The second kappa shape index (κ2) is 5.67. The third kappa shape index (κ3) is 3.20. The van der Waals surface area contributed by atoms with E-state index in [0.717, 1.165) is 5.56 Å². The van der Waals surface area contributed by atoms with Crippen LogP contribution in [0.1, 0.15) is 11.1 Å². The molecule has 98 valence electrons. The number of hydrogen-bond acceptors (Lipinski definition) is 4. The second-order valence-electron chi connectivity index (χ2n) is 3.95. The van der Waals surface area contributed by atoms with Gasteiger partial charge in [-0.2, -0.15) is 0 Å². The summed E-state index contributed by atoms with van der Waals surface area (Å²) >= 11 is 5.67. The minimum absolute atomic E-state index is 0.0373. The van der Waals surface area contributed by atoms with Crippen LogP contribution >= 0.6 is 11.6 Å². The topological polar surface area (TPSA) is 65.3 Å². The van der Waals surface area contributed by atoms with Crippen molar-refractivity contribution in [2.45, 2.75) is 12.8 Å². The van der Waals surface area contributed by atoms with Gasteiger partial charge < -0.3 is 4.74 Å². The summed E-state index contributed by atoms with van der Waals surface area (Å²) in [6, 6.07) is 7.94. The Balaban J connectivity index is 2.20. The molecule has 0 N–H and O–H groups in total. The number of benzene rings is 1. The molecule has 19 heavy (non-hydrogen) atoms. The number of ether oxygens (including phenoxy) is 1. The van der Waals surface area contributed by atoms with Crippen LogP contribution in [0.3, 0.4) is 0 Å². The quantitative estimate of drug-likeness (QED) is 0.484. The van der Waals surface area contributed by atoms with Crippen molar-refractivity contribution < 1.29 is 9.66 Å². The molecule has 0 aliphatic carbocycles. The monoisotopic (exact) mass is 278 g/mol. The Morgan fingerprint density at radius 2 is 2.16 bits per heavy atom. The molecule has 2 aromatic rings. The SMILES string of the molecule is Cc1cc([N+](=O)[O-])ccc1Oc1ccc(CCl)cn1. The molecule has 2 rings (SSSR count). The maximum Gasteiger partial charge on any atom is 0.269 e. The number of alkyl halides is 1. The number of rotatable bonds is 4. The van der Waals surface area contributed by atoms with E-state index in [-0.39, 0.29) is 5.69 Å². The fraction of sp³-hybridized carbons (Fsp3) is 0.154. The number of non-ortho nitro benzene ring substituents is 1. The van der Waals surface area contributed by atoms with Gasteiger partial charge in [0.1, 0.15) is 5.75 Å². The Morgan fingerprint density at radius 3 is 2.68 bits per heavy atom. The van der Waals surface area contributed by atoms with E-state index in [1.54, 1.807) is 25.3 Å². The predicted molar refractivity (Wildman–Crippen MR) is 71.7 cm³/mol. The Kier molecular flexibility index (Phi) is 3.97. The third-order valence-corrected chi connectivity index (χ3v) is 2.84. The highest BCUT2D eigenvalue weighted by molar-refractivity contribution is 6.17. The van der Waals surface area contributed by atoms with Gasteiger partial charge >= 0.3 is 0 Å². The summed E-state index contributed by atoms with van der Waals surface area (Å²) in [6.45, 7) is 1.75. The molecule has 6 heteroatoms. The van der Waals surface area contributed by atoms with E-state index in [1.807, 2.05) is 6.07 Å². The van der Waals surface area contributed by atoms with Gasteiger partial charge in [0.15, 0.2) is 0 Å². The predicted octanol–water partition coefficient (Wildman–Crippen LogP) is 3.83. The molecule has 0 aliphatic heterocycles. The average Bonchev–Trinajstić information content (AvgIpc) is 2.41. The van der Waals surface area contributed by atoms with E-state index in [0.29, 0.717) is 23.1 Å². The Labute approximate surface area is 115 Å². The lowest BCUT2D eigenvalue weighted by atomic mass is 10.2. The number of aryl methyl sites for hydroxylation is 1. The van der Waals surface area contributed by atoms with E-state index < -0.39 is 4.92 Å². The van der Waals surface area contributed by atoms with Gasteiger partial charge in [0, 0.05) is 30.3 Å². The van der Waals surface area contributed by atoms with Crippen LogP contribution in [0, 0.1) is 17.0 Å². The van der Waals surface area contributed by atoms with Crippen LogP contribution in [-0.2, 0) is 5.88 Å². The van der Waals surface area contributed by atoms with E-state index in [9.17, 15) is 10.1 Å². The number of nitro benzene ring substituents is 1. The molecular formula is C13H11ClN2O3. The summed E-state index contributed by atoms with van der Waals surface area (Å²) in [5.41, 5.74) is 1.61. The molecule has 1 heterocycles. The van der Waals surface area contributed by atoms with Crippen molar-refractivity contribution in [1.29, 1.82) is 0 Å². The van der Waals surface area contributed by atoms with Crippen LogP contribution < -0.4 is 4.74 Å². The molecule has 0 bridgehead atoms. The molecule has 0 spiro atoms. The maximum atomic E-state index is 10.6. The Bertz CT molecular complexity index is 599. The number of hydrogen-bond donors (Lipinski definition) is 0. The minimum atomic E-state index is -0.440. The van der Waals surface area contributed by atoms with Crippen LogP contribution in [0.5, 0.6) is 11.6 Å². The van der Waals surface area contributed by atoms with Gasteiger partial charge in [0.05, 0.1) is 4.92 Å². The number of pyridine rings is 1. The maximum absolute atomic E-state index is 10.6. The Morgan fingerprint density at radius 1 is 1.37 bits per heavy atom. The second-order valence-corrected chi connectivity index (χ2v) is 4.21. The molecule has 0 fully saturated rings. The first-order valence-electron chi connectivity index (χ1n) is 5.54. The van der Waals surface area contributed by atoms with Gasteiger partial charge in [0.25, 0.3) is 5.69 Å². The molecule has 0 radical (unpaired) electrons. The zero-order valence-corrected chi connectivity index (χ0v) is 10.9. The lowest BCUT2D eigenvalue weighted by Crippen LogP contribution is -1.93. The molecule has 0 saturated heterocycles. The fourth-order valence-corrected chi connectivity index (χ4v) is 1.68. The summed E-state index contributed by atoms with van der Waals surface area (Å²) in [6.07, 6.45) is 1.63. The molecule has 0 unspecified atom stereocenters. The number of halogens is 1. The van der Waals surface area contributed by atoms with E-state index in [4.69, 9.17) is 16.3 Å². The molecule has 1 aromatic heterocycles. The molecule has 0 aliphatic rings. The number of aromatic nitrogens is 1. The third-order valence-electron chi connectivity index (χ3n) is 2.54. The highest BCUT2D eigenvalue weighted by atomic mass is 35.5. The van der Waals surface area contributed by atoms with Crippen LogP contribution in [0.4, 0.5) is 5.69 Å². The molecule has 1 aromatic carbocycles. The lowest BCUT2D eigenvalue weighted by molar-refractivity contribution is -0.384.